The molecule has 0 spiro atoms. The molecule has 0 saturated heterocycles. The molecule has 6 aromatic carbocycles. The predicted octanol–water partition coefficient (Wildman–Crippen LogP) is 10.5. The Kier molecular flexibility index (Phi) is 6.10. The summed E-state index contributed by atoms with van der Waals surface area (Å²) in [6.45, 7) is 0. The Morgan fingerprint density at radius 1 is 0.413 bits per heavy atom. The van der Waals surface area contributed by atoms with Crippen LogP contribution in [0.2, 0.25) is 0 Å². The maximum Gasteiger partial charge on any atom is 0.146 e. The quantitative estimate of drug-likeness (QED) is 0.200. The van der Waals surface area contributed by atoms with Crippen molar-refractivity contribution in [1.29, 1.82) is 0 Å². The first-order chi connectivity index (χ1) is 22.8. The van der Waals surface area contributed by atoms with Crippen molar-refractivity contribution in [3.8, 4) is 45.1 Å². The first-order valence-electron chi connectivity index (χ1n) is 15.5. The minimum Gasteiger partial charge on any atom is -0.309 e. The molecular weight excluding hydrogens is 560 g/mol. The van der Waals surface area contributed by atoms with Crippen LogP contribution in [0.5, 0.6) is 0 Å². The zero-order valence-electron chi connectivity index (χ0n) is 25.0. The van der Waals surface area contributed by atoms with Crippen molar-refractivity contribution >= 4 is 32.8 Å². The number of hydrogen-bond acceptors (Lipinski definition) is 2. The molecule has 0 N–H and O–H groups in total. The molecule has 9 rings (SSSR count). The zero-order chi connectivity index (χ0) is 30.5. The summed E-state index contributed by atoms with van der Waals surface area (Å²) in [5.74, 6) is 1.71. The van der Waals surface area contributed by atoms with Gasteiger partial charge in [0.05, 0.1) is 22.1 Å². The maximum absolute atomic E-state index is 5.38. The topological polar surface area (TPSA) is 35.6 Å². The molecule has 0 saturated carbocycles. The lowest BCUT2D eigenvalue weighted by molar-refractivity contribution is 1.03. The van der Waals surface area contributed by atoms with Crippen molar-refractivity contribution in [2.45, 2.75) is 0 Å². The summed E-state index contributed by atoms with van der Waals surface area (Å²) >= 11 is 0. The highest BCUT2D eigenvalue weighted by Gasteiger charge is 2.22. The van der Waals surface area contributed by atoms with E-state index in [-0.39, 0.29) is 0 Å². The molecule has 0 amide bonds. The molecule has 0 atom stereocenters. The van der Waals surface area contributed by atoms with E-state index in [4.69, 9.17) is 9.97 Å². The van der Waals surface area contributed by atoms with E-state index < -0.39 is 0 Å². The van der Waals surface area contributed by atoms with Gasteiger partial charge in [-0.2, -0.15) is 0 Å². The van der Waals surface area contributed by atoms with Gasteiger partial charge in [-0.3, -0.25) is 4.57 Å². The molecule has 9 aromatic rings. The van der Waals surface area contributed by atoms with Crippen molar-refractivity contribution in [3.63, 3.8) is 0 Å². The molecule has 0 bridgehead atoms. The molecule has 0 aliphatic carbocycles. The van der Waals surface area contributed by atoms with Crippen LogP contribution >= 0.6 is 0 Å². The lowest BCUT2D eigenvalue weighted by atomic mass is 9.98. The normalized spacial score (nSPS) is 11.5. The van der Waals surface area contributed by atoms with Crippen LogP contribution in [-0.4, -0.2) is 19.1 Å². The van der Waals surface area contributed by atoms with E-state index in [1.807, 2.05) is 30.5 Å². The van der Waals surface area contributed by atoms with Gasteiger partial charge >= 0.3 is 0 Å². The molecule has 0 fully saturated rings. The largest absolute Gasteiger partial charge is 0.309 e. The molecule has 0 aliphatic heterocycles. The van der Waals surface area contributed by atoms with Crippen LogP contribution in [0.3, 0.4) is 0 Å². The van der Waals surface area contributed by atoms with E-state index in [0.29, 0.717) is 0 Å². The van der Waals surface area contributed by atoms with Gasteiger partial charge in [-0.05, 0) is 70.8 Å². The average Bonchev–Trinajstić information content (AvgIpc) is 3.69. The minimum atomic E-state index is 0.843. The third-order valence-electron chi connectivity index (χ3n) is 8.76. The van der Waals surface area contributed by atoms with E-state index in [2.05, 4.69) is 149 Å². The van der Waals surface area contributed by atoms with Crippen LogP contribution in [0.1, 0.15) is 0 Å². The Morgan fingerprint density at radius 2 is 1.00 bits per heavy atom. The van der Waals surface area contributed by atoms with Gasteiger partial charge in [0.2, 0.25) is 0 Å². The molecule has 0 radical (unpaired) electrons. The van der Waals surface area contributed by atoms with Gasteiger partial charge in [-0.15, -0.1) is 0 Å². The van der Waals surface area contributed by atoms with E-state index >= 15 is 0 Å². The summed E-state index contributed by atoms with van der Waals surface area (Å²) in [5.41, 5.74) is 11.1. The second-order valence-corrected chi connectivity index (χ2v) is 11.5. The highest BCUT2D eigenvalue weighted by atomic mass is 15.1. The molecule has 0 aliphatic rings. The number of fused-ring (bicyclic) bond motifs is 5. The van der Waals surface area contributed by atoms with Crippen LogP contribution in [0, 0.1) is 0 Å². The second-order valence-electron chi connectivity index (χ2n) is 11.5. The van der Waals surface area contributed by atoms with E-state index in [0.717, 1.165) is 50.3 Å². The van der Waals surface area contributed by atoms with Gasteiger partial charge in [0.25, 0.3) is 0 Å². The van der Waals surface area contributed by atoms with Crippen LogP contribution in [0.15, 0.2) is 170 Å². The van der Waals surface area contributed by atoms with Crippen molar-refractivity contribution in [2.24, 2.45) is 0 Å². The number of pyridine rings is 1. The fourth-order valence-electron chi connectivity index (χ4n) is 6.71. The van der Waals surface area contributed by atoms with Gasteiger partial charge in [0.1, 0.15) is 11.6 Å². The first-order valence-corrected chi connectivity index (χ1v) is 15.5. The SMILES string of the molecule is c1ccc(-c2cc(-c3ccccc3)cc(-n3c4ccccc4c4c5nc(-c6ccccc6)n(-c6ccccn6)c5ccc43)c2)cc1. The summed E-state index contributed by atoms with van der Waals surface area (Å²) in [6.07, 6.45) is 1.84. The van der Waals surface area contributed by atoms with Crippen LogP contribution in [-0.2, 0) is 0 Å². The lowest BCUT2D eigenvalue weighted by Crippen LogP contribution is -1.99. The Morgan fingerprint density at radius 3 is 1.65 bits per heavy atom. The summed E-state index contributed by atoms with van der Waals surface area (Å²) in [4.78, 5) is 10.1. The Balaban J connectivity index is 1.38. The fourth-order valence-corrected chi connectivity index (χ4v) is 6.71. The van der Waals surface area contributed by atoms with Crippen molar-refractivity contribution in [3.05, 3.63) is 170 Å². The summed E-state index contributed by atoms with van der Waals surface area (Å²) in [5, 5.41) is 2.30. The Bertz CT molecular complexity index is 2440. The van der Waals surface area contributed by atoms with E-state index in [9.17, 15) is 0 Å². The molecule has 4 nitrogen and oxygen atoms in total. The molecule has 4 heteroatoms. The van der Waals surface area contributed by atoms with Gasteiger partial charge in [-0.1, -0.05) is 115 Å². The van der Waals surface area contributed by atoms with Gasteiger partial charge in [-0.25, -0.2) is 9.97 Å². The molecule has 216 valence electrons. The van der Waals surface area contributed by atoms with Gasteiger partial charge in [0, 0.05) is 28.2 Å². The first kappa shape index (κ1) is 26.2. The highest BCUT2D eigenvalue weighted by Crippen LogP contribution is 2.40. The number of benzene rings is 6. The second kappa shape index (κ2) is 10.7. The maximum atomic E-state index is 5.38. The van der Waals surface area contributed by atoms with E-state index in [1.165, 1.54) is 27.6 Å². The standard InChI is InChI=1S/C42H28N4/c1-4-14-29(15-5-1)32-26-33(30-16-6-2-7-17-30)28-34(27-32)45-36-21-11-10-20-35(36)40-37(45)23-24-38-41(40)44-42(31-18-8-3-9-19-31)46(38)39-22-12-13-25-43-39/h1-28H. The smallest absolute Gasteiger partial charge is 0.146 e. The predicted molar refractivity (Wildman–Crippen MR) is 190 cm³/mol. The summed E-state index contributed by atoms with van der Waals surface area (Å²) in [6, 6.07) is 57.7. The third-order valence-corrected chi connectivity index (χ3v) is 8.76. The van der Waals surface area contributed by atoms with Gasteiger partial charge < -0.3 is 4.57 Å². The molecule has 3 heterocycles. The number of nitrogens with zero attached hydrogens (tertiary/aromatic N) is 4. The number of imidazole rings is 1. The zero-order valence-corrected chi connectivity index (χ0v) is 25.0. The Labute approximate surface area is 266 Å². The summed E-state index contributed by atoms with van der Waals surface area (Å²) < 4.78 is 4.57. The van der Waals surface area contributed by atoms with Gasteiger partial charge in [0.15, 0.2) is 0 Å². The fraction of sp³-hybridized carbons (Fsp3) is 0. The minimum absolute atomic E-state index is 0.843. The molecular formula is C42H28N4. The molecule has 3 aromatic heterocycles. The van der Waals surface area contributed by atoms with Crippen molar-refractivity contribution in [2.75, 3.05) is 0 Å². The van der Waals surface area contributed by atoms with Crippen LogP contribution < -0.4 is 0 Å². The average molecular weight is 589 g/mol. The third kappa shape index (κ3) is 4.23. The monoisotopic (exact) mass is 588 g/mol. The molecule has 0 unspecified atom stereocenters. The van der Waals surface area contributed by atoms with E-state index in [1.54, 1.807) is 0 Å². The Hall–Kier alpha value is -6.26. The lowest BCUT2D eigenvalue weighted by Gasteiger charge is -2.14. The summed E-state index contributed by atoms with van der Waals surface area (Å²) in [7, 11) is 0. The molecule has 46 heavy (non-hydrogen) atoms. The highest BCUT2D eigenvalue weighted by molar-refractivity contribution is 6.20. The number of para-hydroxylation sites is 1. The number of hydrogen-bond donors (Lipinski definition) is 0. The van der Waals surface area contributed by atoms with Crippen molar-refractivity contribution in [1.82, 2.24) is 19.1 Å². The van der Waals surface area contributed by atoms with Crippen LogP contribution in [0.4, 0.5) is 0 Å². The number of rotatable bonds is 5. The van der Waals surface area contributed by atoms with Crippen molar-refractivity contribution < 1.29 is 0 Å². The number of aromatic nitrogens is 4. The van der Waals surface area contributed by atoms with Crippen LogP contribution in [0.25, 0.3) is 78.0 Å².